The molecule has 1 aromatic heterocycles. The summed E-state index contributed by atoms with van der Waals surface area (Å²) in [5.41, 5.74) is 6.29. The van der Waals surface area contributed by atoms with Crippen molar-refractivity contribution in [3.05, 3.63) is 52.3 Å². The highest BCUT2D eigenvalue weighted by atomic mass is 15.1. The van der Waals surface area contributed by atoms with E-state index in [1.54, 1.807) is 0 Å². The molecule has 1 aliphatic heterocycles. The smallest absolute Gasteiger partial charge is 0.0638 e. The van der Waals surface area contributed by atoms with Crippen LogP contribution in [-0.2, 0) is 19.6 Å². The lowest BCUT2D eigenvalue weighted by atomic mass is 10.1. The van der Waals surface area contributed by atoms with Crippen molar-refractivity contribution < 1.29 is 0 Å². The zero-order valence-electron chi connectivity index (χ0n) is 13.7. The summed E-state index contributed by atoms with van der Waals surface area (Å²) >= 11 is 0. The van der Waals surface area contributed by atoms with E-state index in [-0.39, 0.29) is 0 Å². The molecule has 1 aliphatic rings. The predicted octanol–water partition coefficient (Wildman–Crippen LogP) is 2.91. The molecule has 3 rings (SSSR count). The van der Waals surface area contributed by atoms with Crippen molar-refractivity contribution in [1.29, 1.82) is 0 Å². The average molecular weight is 298 g/mol. The normalized spacial score (nSPS) is 15.5. The molecule has 2 N–H and O–H groups in total. The van der Waals surface area contributed by atoms with Crippen molar-refractivity contribution in [2.45, 2.75) is 46.3 Å². The van der Waals surface area contributed by atoms with Crippen molar-refractivity contribution in [1.82, 2.24) is 20.4 Å². The number of nitrogens with one attached hydrogen (secondary N) is 2. The molecule has 2 aromatic rings. The summed E-state index contributed by atoms with van der Waals surface area (Å²) in [4.78, 5) is 2.54. The molecule has 1 fully saturated rings. The Morgan fingerprint density at radius 2 is 1.73 bits per heavy atom. The number of aromatic nitrogens is 2. The first-order valence-electron chi connectivity index (χ1n) is 8.24. The van der Waals surface area contributed by atoms with E-state index in [0.717, 1.165) is 31.0 Å². The number of H-pyrrole nitrogens is 1. The molecular weight excluding hydrogens is 272 g/mol. The van der Waals surface area contributed by atoms with E-state index < -0.39 is 0 Å². The first kappa shape index (κ1) is 15.3. The highest BCUT2D eigenvalue weighted by Crippen LogP contribution is 2.14. The topological polar surface area (TPSA) is 44.0 Å². The lowest BCUT2D eigenvalue weighted by Gasteiger charge is -2.14. The van der Waals surface area contributed by atoms with Gasteiger partial charge in [-0.2, -0.15) is 5.10 Å². The van der Waals surface area contributed by atoms with Gasteiger partial charge in [-0.15, -0.1) is 0 Å². The van der Waals surface area contributed by atoms with Crippen molar-refractivity contribution in [2.24, 2.45) is 0 Å². The van der Waals surface area contributed by atoms with Crippen LogP contribution in [0.15, 0.2) is 24.3 Å². The fourth-order valence-corrected chi connectivity index (χ4v) is 3.13. The molecule has 0 amide bonds. The van der Waals surface area contributed by atoms with Gasteiger partial charge in [-0.3, -0.25) is 10.00 Å². The fourth-order valence-electron chi connectivity index (χ4n) is 3.13. The third kappa shape index (κ3) is 3.76. The highest BCUT2D eigenvalue weighted by molar-refractivity contribution is 5.24. The van der Waals surface area contributed by atoms with Gasteiger partial charge in [0.05, 0.1) is 5.69 Å². The second-order valence-electron chi connectivity index (χ2n) is 6.32. The Hall–Kier alpha value is -1.65. The number of aromatic amines is 1. The van der Waals surface area contributed by atoms with E-state index in [9.17, 15) is 0 Å². The minimum Gasteiger partial charge on any atom is -0.308 e. The van der Waals surface area contributed by atoms with E-state index >= 15 is 0 Å². The van der Waals surface area contributed by atoms with Gasteiger partial charge in [0.2, 0.25) is 0 Å². The maximum Gasteiger partial charge on any atom is 0.0638 e. The Bertz CT molecular complexity index is 575. The molecule has 1 saturated heterocycles. The molecule has 0 saturated carbocycles. The number of hydrogen-bond acceptors (Lipinski definition) is 3. The van der Waals surface area contributed by atoms with Crippen LogP contribution in [0.3, 0.4) is 0 Å². The standard InChI is InChI=1S/C18H26N4/c1-14-18(15(2)21-20-14)12-19-11-16-5-7-17(8-6-16)13-22-9-3-4-10-22/h5-8,19H,3-4,9-13H2,1-2H3,(H,20,21). The maximum atomic E-state index is 4.23. The molecule has 0 spiro atoms. The molecule has 22 heavy (non-hydrogen) atoms. The van der Waals surface area contributed by atoms with Gasteiger partial charge in [0.15, 0.2) is 0 Å². The molecule has 0 bridgehead atoms. The molecular formula is C18H26N4. The van der Waals surface area contributed by atoms with Crippen molar-refractivity contribution in [3.63, 3.8) is 0 Å². The van der Waals surface area contributed by atoms with Gasteiger partial charge in [0.1, 0.15) is 0 Å². The fraction of sp³-hybridized carbons (Fsp3) is 0.500. The number of benzene rings is 1. The number of hydrogen-bond donors (Lipinski definition) is 2. The van der Waals surface area contributed by atoms with Crippen LogP contribution in [0.25, 0.3) is 0 Å². The largest absolute Gasteiger partial charge is 0.308 e. The number of nitrogens with zero attached hydrogens (tertiary/aromatic N) is 2. The van der Waals surface area contributed by atoms with Crippen molar-refractivity contribution in [3.8, 4) is 0 Å². The van der Waals surface area contributed by atoms with Crippen LogP contribution in [0.2, 0.25) is 0 Å². The molecule has 4 nitrogen and oxygen atoms in total. The van der Waals surface area contributed by atoms with Gasteiger partial charge in [0, 0.05) is 30.9 Å². The van der Waals surface area contributed by atoms with Crippen LogP contribution >= 0.6 is 0 Å². The Labute approximate surface area is 132 Å². The van der Waals surface area contributed by atoms with Gasteiger partial charge >= 0.3 is 0 Å². The van der Waals surface area contributed by atoms with Crippen LogP contribution in [0.5, 0.6) is 0 Å². The Balaban J connectivity index is 1.48. The zero-order chi connectivity index (χ0) is 15.4. The number of aryl methyl sites for hydroxylation is 2. The van der Waals surface area contributed by atoms with Gasteiger partial charge in [-0.25, -0.2) is 0 Å². The molecule has 0 aliphatic carbocycles. The maximum absolute atomic E-state index is 4.23. The Morgan fingerprint density at radius 3 is 2.36 bits per heavy atom. The third-order valence-corrected chi connectivity index (χ3v) is 4.54. The average Bonchev–Trinajstić information content (AvgIpc) is 3.13. The number of rotatable bonds is 6. The third-order valence-electron chi connectivity index (χ3n) is 4.54. The first-order chi connectivity index (χ1) is 10.7. The summed E-state index contributed by atoms with van der Waals surface area (Å²) in [5.74, 6) is 0. The molecule has 0 atom stereocenters. The van der Waals surface area contributed by atoms with Gasteiger partial charge in [0.25, 0.3) is 0 Å². The van der Waals surface area contributed by atoms with Crippen LogP contribution in [0, 0.1) is 13.8 Å². The van der Waals surface area contributed by atoms with E-state index in [0.29, 0.717) is 0 Å². The monoisotopic (exact) mass is 298 g/mol. The second-order valence-corrected chi connectivity index (χ2v) is 6.32. The van der Waals surface area contributed by atoms with Crippen LogP contribution in [-0.4, -0.2) is 28.2 Å². The molecule has 2 heterocycles. The van der Waals surface area contributed by atoms with E-state index in [1.807, 2.05) is 6.92 Å². The Morgan fingerprint density at radius 1 is 1.05 bits per heavy atom. The zero-order valence-corrected chi connectivity index (χ0v) is 13.7. The molecule has 118 valence electrons. The predicted molar refractivity (Wildman–Crippen MR) is 89.6 cm³/mol. The van der Waals surface area contributed by atoms with Crippen LogP contribution in [0.4, 0.5) is 0 Å². The summed E-state index contributed by atoms with van der Waals surface area (Å²) < 4.78 is 0. The minimum atomic E-state index is 0.865. The highest BCUT2D eigenvalue weighted by Gasteiger charge is 2.11. The molecule has 4 heteroatoms. The van der Waals surface area contributed by atoms with E-state index in [4.69, 9.17) is 0 Å². The lowest BCUT2D eigenvalue weighted by Crippen LogP contribution is -2.18. The van der Waals surface area contributed by atoms with E-state index in [2.05, 4.69) is 51.6 Å². The summed E-state index contributed by atoms with van der Waals surface area (Å²) in [6.07, 6.45) is 2.71. The Kier molecular flexibility index (Phi) is 4.90. The van der Waals surface area contributed by atoms with E-state index in [1.165, 1.54) is 42.6 Å². The van der Waals surface area contributed by atoms with Gasteiger partial charge in [-0.05, 0) is 50.9 Å². The van der Waals surface area contributed by atoms with Crippen LogP contribution in [0.1, 0.15) is 40.9 Å². The van der Waals surface area contributed by atoms with Crippen molar-refractivity contribution >= 4 is 0 Å². The van der Waals surface area contributed by atoms with Gasteiger partial charge in [-0.1, -0.05) is 24.3 Å². The van der Waals surface area contributed by atoms with Crippen molar-refractivity contribution in [2.75, 3.05) is 13.1 Å². The summed E-state index contributed by atoms with van der Waals surface area (Å²) in [6.45, 7) is 9.50. The molecule has 0 unspecified atom stereocenters. The number of likely N-dealkylation sites (tertiary alicyclic amines) is 1. The minimum absolute atomic E-state index is 0.865. The summed E-state index contributed by atoms with van der Waals surface area (Å²) in [7, 11) is 0. The lowest BCUT2D eigenvalue weighted by molar-refractivity contribution is 0.331. The quantitative estimate of drug-likeness (QED) is 0.862. The first-order valence-corrected chi connectivity index (χ1v) is 8.24. The summed E-state index contributed by atoms with van der Waals surface area (Å²) in [6, 6.07) is 9.02. The second kappa shape index (κ2) is 7.07. The molecule has 0 radical (unpaired) electrons. The van der Waals surface area contributed by atoms with Crippen LogP contribution < -0.4 is 5.32 Å². The SMILES string of the molecule is Cc1n[nH]c(C)c1CNCc1ccc(CN2CCCC2)cc1. The summed E-state index contributed by atoms with van der Waals surface area (Å²) in [5, 5.41) is 10.8. The van der Waals surface area contributed by atoms with Gasteiger partial charge < -0.3 is 5.32 Å². The molecule has 1 aromatic carbocycles.